The number of alkyl halides is 3. The summed E-state index contributed by atoms with van der Waals surface area (Å²) < 4.78 is 48.2. The van der Waals surface area contributed by atoms with Crippen molar-refractivity contribution >= 4 is 11.8 Å². The van der Waals surface area contributed by atoms with Crippen molar-refractivity contribution in [2.24, 2.45) is 0 Å². The number of benzene rings is 2. The molecule has 1 saturated heterocycles. The molecule has 0 spiro atoms. The first-order valence-corrected chi connectivity index (χ1v) is 12.7. The highest BCUT2D eigenvalue weighted by Crippen LogP contribution is 2.27. The van der Waals surface area contributed by atoms with Gasteiger partial charge in [-0.3, -0.25) is 9.58 Å². The van der Waals surface area contributed by atoms with E-state index in [0.29, 0.717) is 36.6 Å². The van der Waals surface area contributed by atoms with Gasteiger partial charge in [-0.2, -0.15) is 10.1 Å². The molecule has 0 bridgehead atoms. The summed E-state index contributed by atoms with van der Waals surface area (Å²) in [5.41, 5.74) is 3.17. The molecule has 13 heteroatoms. The van der Waals surface area contributed by atoms with Crippen molar-refractivity contribution in [2.45, 2.75) is 32.7 Å². The number of anilines is 1. The normalized spacial score (nSPS) is 14.0. The van der Waals surface area contributed by atoms with Crippen LogP contribution in [0.3, 0.4) is 0 Å². The third kappa shape index (κ3) is 6.60. The predicted molar refractivity (Wildman–Crippen MR) is 139 cm³/mol. The van der Waals surface area contributed by atoms with Gasteiger partial charge in [0.05, 0.1) is 6.54 Å². The van der Waals surface area contributed by atoms with Crippen molar-refractivity contribution in [1.82, 2.24) is 24.8 Å². The SMILES string of the molecule is Cc1cc(-c2nc(-c3ccc(OC(F)(F)F)cc3)no2)nn1Cc1cccc(N(CCN2CCCC2)C(=O)O)c1. The molecule has 1 N–H and O–H groups in total. The quantitative estimate of drug-likeness (QED) is 0.291. The molecular formula is C27H27F3N6O4. The number of nitrogens with zero attached hydrogens (tertiary/aromatic N) is 6. The molecule has 0 radical (unpaired) electrons. The Morgan fingerprint density at radius 2 is 1.88 bits per heavy atom. The van der Waals surface area contributed by atoms with E-state index in [0.717, 1.165) is 37.2 Å². The summed E-state index contributed by atoms with van der Waals surface area (Å²) >= 11 is 0. The summed E-state index contributed by atoms with van der Waals surface area (Å²) in [6.45, 7) is 5.34. The predicted octanol–water partition coefficient (Wildman–Crippen LogP) is 5.44. The summed E-state index contributed by atoms with van der Waals surface area (Å²) in [5, 5.41) is 18.3. The van der Waals surface area contributed by atoms with Crippen LogP contribution >= 0.6 is 0 Å². The third-order valence-corrected chi connectivity index (χ3v) is 6.60. The van der Waals surface area contributed by atoms with Crippen molar-refractivity contribution in [3.8, 4) is 28.7 Å². The van der Waals surface area contributed by atoms with Crippen molar-refractivity contribution in [3.05, 3.63) is 65.9 Å². The van der Waals surface area contributed by atoms with Crippen LogP contribution in [0.4, 0.5) is 23.7 Å². The molecule has 210 valence electrons. The number of carboxylic acid groups (broad SMARTS) is 1. The number of hydrogen-bond donors (Lipinski definition) is 1. The van der Waals surface area contributed by atoms with Crippen LogP contribution in [0.1, 0.15) is 24.1 Å². The van der Waals surface area contributed by atoms with Gasteiger partial charge in [-0.25, -0.2) is 4.79 Å². The highest BCUT2D eigenvalue weighted by Gasteiger charge is 2.31. The summed E-state index contributed by atoms with van der Waals surface area (Å²) in [5.74, 6) is -0.00666. The fraction of sp³-hybridized carbons (Fsp3) is 0.333. The Morgan fingerprint density at radius 1 is 1.12 bits per heavy atom. The third-order valence-electron chi connectivity index (χ3n) is 6.60. The second-order valence-electron chi connectivity index (χ2n) is 9.48. The van der Waals surface area contributed by atoms with Gasteiger partial charge in [-0.1, -0.05) is 17.3 Å². The molecule has 1 fully saturated rings. The second-order valence-corrected chi connectivity index (χ2v) is 9.48. The zero-order valence-electron chi connectivity index (χ0n) is 21.6. The zero-order valence-corrected chi connectivity index (χ0v) is 21.6. The zero-order chi connectivity index (χ0) is 28.3. The lowest BCUT2D eigenvalue weighted by Gasteiger charge is -2.23. The Kier molecular flexibility index (Phi) is 7.74. The van der Waals surface area contributed by atoms with Crippen molar-refractivity contribution in [3.63, 3.8) is 0 Å². The Labute approximate surface area is 227 Å². The van der Waals surface area contributed by atoms with Gasteiger partial charge >= 0.3 is 12.5 Å². The first kappa shape index (κ1) is 27.2. The molecule has 10 nitrogen and oxygen atoms in total. The number of likely N-dealkylation sites (tertiary alicyclic amines) is 1. The molecule has 5 rings (SSSR count). The minimum absolute atomic E-state index is 0.153. The highest BCUT2D eigenvalue weighted by atomic mass is 19.4. The maximum absolute atomic E-state index is 12.4. The number of aromatic nitrogens is 4. The summed E-state index contributed by atoms with van der Waals surface area (Å²) in [7, 11) is 0. The van der Waals surface area contributed by atoms with E-state index < -0.39 is 12.5 Å². The number of halogens is 3. The van der Waals surface area contributed by atoms with E-state index in [2.05, 4.69) is 24.9 Å². The Morgan fingerprint density at radius 3 is 2.58 bits per heavy atom. The lowest BCUT2D eigenvalue weighted by atomic mass is 10.2. The van der Waals surface area contributed by atoms with Crippen LogP contribution in [-0.2, 0) is 6.54 Å². The summed E-state index contributed by atoms with van der Waals surface area (Å²) in [4.78, 5) is 20.0. The highest BCUT2D eigenvalue weighted by molar-refractivity contribution is 5.86. The van der Waals surface area contributed by atoms with Gasteiger partial charge in [0.25, 0.3) is 5.89 Å². The van der Waals surface area contributed by atoms with Gasteiger partial charge in [-0.05, 0) is 80.9 Å². The minimum atomic E-state index is -4.78. The average Bonchev–Trinajstić information content (AvgIpc) is 3.66. The first-order valence-electron chi connectivity index (χ1n) is 12.7. The van der Waals surface area contributed by atoms with Gasteiger partial charge in [-0.15, -0.1) is 13.2 Å². The van der Waals surface area contributed by atoms with Crippen LogP contribution in [0.5, 0.6) is 5.75 Å². The Bertz CT molecular complexity index is 1460. The van der Waals surface area contributed by atoms with E-state index in [-0.39, 0.29) is 17.5 Å². The lowest BCUT2D eigenvalue weighted by Crippen LogP contribution is -2.37. The number of hydrogen-bond acceptors (Lipinski definition) is 7. The molecule has 0 aliphatic carbocycles. The van der Waals surface area contributed by atoms with Gasteiger partial charge in [0.2, 0.25) is 5.82 Å². The average molecular weight is 557 g/mol. The van der Waals surface area contributed by atoms with Gasteiger partial charge in [0.15, 0.2) is 5.69 Å². The molecule has 2 aromatic carbocycles. The summed E-state index contributed by atoms with van der Waals surface area (Å²) in [6, 6.07) is 14.3. The summed E-state index contributed by atoms with van der Waals surface area (Å²) in [6.07, 6.45) is -3.48. The fourth-order valence-electron chi connectivity index (χ4n) is 4.60. The van der Waals surface area contributed by atoms with Crippen molar-refractivity contribution in [2.75, 3.05) is 31.1 Å². The molecule has 3 heterocycles. The topological polar surface area (TPSA) is 110 Å². The smallest absolute Gasteiger partial charge is 0.465 e. The van der Waals surface area contributed by atoms with Crippen LogP contribution in [0.25, 0.3) is 23.0 Å². The second kappa shape index (κ2) is 11.4. The van der Waals surface area contributed by atoms with Crippen LogP contribution < -0.4 is 9.64 Å². The number of amides is 1. The van der Waals surface area contributed by atoms with Crippen molar-refractivity contribution < 1.29 is 32.3 Å². The Hall–Kier alpha value is -4.39. The van der Waals surface area contributed by atoms with E-state index in [4.69, 9.17) is 4.52 Å². The van der Waals surface area contributed by atoms with Gasteiger partial charge < -0.3 is 19.3 Å². The van der Waals surface area contributed by atoms with Crippen LogP contribution in [0, 0.1) is 6.92 Å². The van der Waals surface area contributed by atoms with Crippen LogP contribution in [-0.4, -0.2) is 68.6 Å². The molecule has 4 aromatic rings. The number of carbonyl (C=O) groups is 1. The molecule has 1 aliphatic rings. The largest absolute Gasteiger partial charge is 0.573 e. The maximum atomic E-state index is 12.4. The monoisotopic (exact) mass is 556 g/mol. The molecule has 0 unspecified atom stereocenters. The van der Waals surface area contributed by atoms with E-state index in [1.165, 1.54) is 29.2 Å². The number of aryl methyl sites for hydroxylation is 1. The fourth-order valence-corrected chi connectivity index (χ4v) is 4.60. The number of rotatable bonds is 9. The number of ether oxygens (including phenoxy) is 1. The standard InChI is InChI=1S/C27H27F3N6O4/c1-18-15-23(25-31-24(33-40-25)20-7-9-22(10-8-20)39-27(28,29)30)32-36(18)17-19-5-4-6-21(16-19)35(26(37)38)14-13-34-11-2-3-12-34/h4-10,15-16H,2-3,11-14,17H2,1H3,(H,37,38). The Balaban J connectivity index is 1.28. The van der Waals surface area contributed by atoms with Crippen molar-refractivity contribution in [1.29, 1.82) is 0 Å². The van der Waals surface area contributed by atoms with Gasteiger partial charge in [0.1, 0.15) is 5.75 Å². The van der Waals surface area contributed by atoms with E-state index in [1.807, 2.05) is 25.1 Å². The minimum Gasteiger partial charge on any atom is -0.465 e. The van der Waals surface area contributed by atoms with Gasteiger partial charge in [0, 0.05) is 30.0 Å². The van der Waals surface area contributed by atoms with Crippen LogP contribution in [0.2, 0.25) is 0 Å². The molecule has 0 atom stereocenters. The molecule has 40 heavy (non-hydrogen) atoms. The van der Waals surface area contributed by atoms with E-state index >= 15 is 0 Å². The van der Waals surface area contributed by atoms with E-state index in [9.17, 15) is 23.1 Å². The molecule has 2 aromatic heterocycles. The van der Waals surface area contributed by atoms with Crippen LogP contribution in [0.15, 0.2) is 59.1 Å². The van der Waals surface area contributed by atoms with E-state index in [1.54, 1.807) is 16.8 Å². The molecular weight excluding hydrogens is 529 g/mol. The molecule has 1 aliphatic heterocycles. The lowest BCUT2D eigenvalue weighted by molar-refractivity contribution is -0.274. The molecule has 1 amide bonds. The maximum Gasteiger partial charge on any atom is 0.573 e. The first-order chi connectivity index (χ1) is 19.1. The molecule has 0 saturated carbocycles.